The molecule has 6 heteroatoms. The first-order chi connectivity index (χ1) is 12.6. The summed E-state index contributed by atoms with van der Waals surface area (Å²) in [4.78, 5) is 15.8. The van der Waals surface area contributed by atoms with Crippen LogP contribution in [0.2, 0.25) is 5.02 Å². The molecule has 4 nitrogen and oxygen atoms in total. The van der Waals surface area contributed by atoms with Gasteiger partial charge in [0.1, 0.15) is 0 Å². The van der Waals surface area contributed by atoms with Gasteiger partial charge in [-0.3, -0.25) is 0 Å². The van der Waals surface area contributed by atoms with Crippen LogP contribution >= 0.6 is 27.5 Å². The van der Waals surface area contributed by atoms with E-state index in [0.29, 0.717) is 10.7 Å². The van der Waals surface area contributed by atoms with Gasteiger partial charge in [0.15, 0.2) is 0 Å². The van der Waals surface area contributed by atoms with Crippen LogP contribution in [-0.4, -0.2) is 43.7 Å². The summed E-state index contributed by atoms with van der Waals surface area (Å²) in [6.45, 7) is 4.35. The second kappa shape index (κ2) is 9.21. The van der Waals surface area contributed by atoms with Crippen LogP contribution in [0.15, 0.2) is 59.1 Å². The molecule has 3 rings (SSSR count). The lowest BCUT2D eigenvalue weighted by Gasteiger charge is -2.31. The Morgan fingerprint density at radius 2 is 1.92 bits per heavy atom. The third-order valence-corrected chi connectivity index (χ3v) is 5.25. The Bertz CT molecular complexity index is 774. The van der Waals surface area contributed by atoms with E-state index in [-0.39, 0.29) is 6.03 Å². The van der Waals surface area contributed by atoms with Crippen LogP contribution in [0.4, 0.5) is 10.5 Å². The topological polar surface area (TPSA) is 36.8 Å². The highest BCUT2D eigenvalue weighted by Gasteiger charge is 2.23. The standard InChI is InChI=1S/C20H21BrClN3O/c21-17-8-9-19(18(22)15-17)23-20(26)25-13-11-24(12-14-25)10-4-7-16-5-2-1-3-6-16/h1-9,15H,10-14H2,(H,23,26)/p+1/b7-4+. The second-order valence-electron chi connectivity index (χ2n) is 6.31. The van der Waals surface area contributed by atoms with Crippen LogP contribution in [0, 0.1) is 0 Å². The fraction of sp³-hybridized carbons (Fsp3) is 0.250. The summed E-state index contributed by atoms with van der Waals surface area (Å²) in [5, 5.41) is 3.43. The molecular formula is C20H22BrClN3O+. The number of anilines is 1. The van der Waals surface area contributed by atoms with Crippen molar-refractivity contribution >= 4 is 45.3 Å². The largest absolute Gasteiger partial charge is 0.329 e. The fourth-order valence-electron chi connectivity index (χ4n) is 2.94. The Kier molecular flexibility index (Phi) is 6.72. The van der Waals surface area contributed by atoms with Gasteiger partial charge in [-0.1, -0.05) is 63.9 Å². The number of rotatable bonds is 4. The van der Waals surface area contributed by atoms with E-state index in [0.717, 1.165) is 37.2 Å². The number of halogens is 2. The van der Waals surface area contributed by atoms with Gasteiger partial charge >= 0.3 is 6.03 Å². The number of nitrogens with zero attached hydrogens (tertiary/aromatic N) is 1. The molecule has 1 saturated heterocycles. The highest BCUT2D eigenvalue weighted by Crippen LogP contribution is 2.25. The molecule has 136 valence electrons. The normalized spacial score (nSPS) is 15.4. The summed E-state index contributed by atoms with van der Waals surface area (Å²) >= 11 is 9.53. The zero-order valence-electron chi connectivity index (χ0n) is 14.4. The molecule has 1 aliphatic heterocycles. The molecule has 1 fully saturated rings. The molecule has 26 heavy (non-hydrogen) atoms. The van der Waals surface area contributed by atoms with Crippen LogP contribution < -0.4 is 10.2 Å². The van der Waals surface area contributed by atoms with Crippen molar-refractivity contribution in [3.8, 4) is 0 Å². The lowest BCUT2D eigenvalue weighted by atomic mass is 10.2. The minimum atomic E-state index is -0.0897. The molecule has 0 spiro atoms. The van der Waals surface area contributed by atoms with E-state index in [9.17, 15) is 4.79 Å². The molecule has 2 N–H and O–H groups in total. The molecule has 0 bridgehead atoms. The molecule has 2 amide bonds. The average Bonchev–Trinajstić information content (AvgIpc) is 2.65. The van der Waals surface area contributed by atoms with Crippen LogP contribution in [0.3, 0.4) is 0 Å². The Hall–Kier alpha value is -1.82. The van der Waals surface area contributed by atoms with E-state index in [1.807, 2.05) is 29.2 Å². The molecule has 2 aromatic carbocycles. The molecule has 0 atom stereocenters. The van der Waals surface area contributed by atoms with E-state index in [1.54, 1.807) is 12.1 Å². The van der Waals surface area contributed by atoms with Gasteiger partial charge < -0.3 is 15.1 Å². The highest BCUT2D eigenvalue weighted by molar-refractivity contribution is 9.10. The van der Waals surface area contributed by atoms with Crippen molar-refractivity contribution in [1.82, 2.24) is 4.90 Å². The summed E-state index contributed by atoms with van der Waals surface area (Å²) in [6, 6.07) is 15.7. The van der Waals surface area contributed by atoms with Crippen molar-refractivity contribution in [2.24, 2.45) is 0 Å². The summed E-state index contributed by atoms with van der Waals surface area (Å²) in [5.41, 5.74) is 1.86. The SMILES string of the molecule is O=C(Nc1ccc(Br)cc1Cl)N1CC[NH+](C/C=C/c2ccccc2)CC1. The first-order valence-corrected chi connectivity index (χ1v) is 9.85. The summed E-state index contributed by atoms with van der Waals surface area (Å²) in [5.74, 6) is 0. The number of benzene rings is 2. The summed E-state index contributed by atoms with van der Waals surface area (Å²) in [7, 11) is 0. The van der Waals surface area contributed by atoms with Gasteiger partial charge in [-0.25, -0.2) is 4.79 Å². The number of urea groups is 1. The molecule has 1 heterocycles. The van der Waals surface area contributed by atoms with Gasteiger partial charge in [-0.15, -0.1) is 0 Å². The van der Waals surface area contributed by atoms with Crippen LogP contribution in [0.1, 0.15) is 5.56 Å². The van der Waals surface area contributed by atoms with Crippen LogP contribution in [0.5, 0.6) is 0 Å². The maximum Gasteiger partial charge on any atom is 0.322 e. The van der Waals surface area contributed by atoms with Crippen molar-refractivity contribution in [3.63, 3.8) is 0 Å². The Morgan fingerprint density at radius 3 is 2.62 bits per heavy atom. The van der Waals surface area contributed by atoms with E-state index in [1.165, 1.54) is 10.5 Å². The lowest BCUT2D eigenvalue weighted by molar-refractivity contribution is -0.898. The van der Waals surface area contributed by atoms with E-state index < -0.39 is 0 Å². The Morgan fingerprint density at radius 1 is 1.19 bits per heavy atom. The Labute approximate surface area is 167 Å². The van der Waals surface area contributed by atoms with E-state index in [2.05, 4.69) is 45.5 Å². The predicted octanol–water partition coefficient (Wildman–Crippen LogP) is 3.55. The number of hydrogen-bond donors (Lipinski definition) is 2. The fourth-order valence-corrected chi connectivity index (χ4v) is 3.66. The smallest absolute Gasteiger partial charge is 0.322 e. The van der Waals surface area contributed by atoms with Gasteiger partial charge in [0.2, 0.25) is 0 Å². The van der Waals surface area contributed by atoms with E-state index >= 15 is 0 Å². The second-order valence-corrected chi connectivity index (χ2v) is 7.63. The summed E-state index contributed by atoms with van der Waals surface area (Å²) in [6.07, 6.45) is 4.36. The van der Waals surface area contributed by atoms with Gasteiger partial charge in [-0.05, 0) is 29.8 Å². The third-order valence-electron chi connectivity index (χ3n) is 4.45. The quantitative estimate of drug-likeness (QED) is 0.757. The number of piperazine rings is 1. The highest BCUT2D eigenvalue weighted by atomic mass is 79.9. The molecule has 2 aromatic rings. The van der Waals surface area contributed by atoms with Crippen molar-refractivity contribution in [1.29, 1.82) is 0 Å². The van der Waals surface area contributed by atoms with Crippen molar-refractivity contribution in [2.45, 2.75) is 0 Å². The molecule has 0 saturated carbocycles. The zero-order chi connectivity index (χ0) is 18.4. The molecule has 0 aliphatic carbocycles. The first kappa shape index (κ1) is 19.0. The zero-order valence-corrected chi connectivity index (χ0v) is 16.8. The summed E-state index contributed by atoms with van der Waals surface area (Å²) < 4.78 is 0.890. The number of nitrogens with one attached hydrogen (secondary N) is 2. The number of carbonyl (C=O) groups is 1. The van der Waals surface area contributed by atoms with Crippen molar-refractivity contribution in [3.05, 3.63) is 69.7 Å². The Balaban J connectivity index is 1.45. The predicted molar refractivity (Wildman–Crippen MR) is 111 cm³/mol. The molecule has 0 unspecified atom stereocenters. The van der Waals surface area contributed by atoms with Gasteiger partial charge in [0.05, 0.1) is 43.4 Å². The maximum atomic E-state index is 12.4. The maximum absolute atomic E-state index is 12.4. The van der Waals surface area contributed by atoms with E-state index in [4.69, 9.17) is 11.6 Å². The molecule has 1 aliphatic rings. The van der Waals surface area contributed by atoms with Crippen LogP contribution in [-0.2, 0) is 0 Å². The van der Waals surface area contributed by atoms with Crippen LogP contribution in [0.25, 0.3) is 6.08 Å². The first-order valence-electron chi connectivity index (χ1n) is 8.68. The molecular weight excluding hydrogens is 414 g/mol. The average molecular weight is 436 g/mol. The third kappa shape index (κ3) is 5.34. The van der Waals surface area contributed by atoms with Crippen molar-refractivity contribution in [2.75, 3.05) is 38.0 Å². The number of quaternary nitrogens is 1. The minimum Gasteiger partial charge on any atom is -0.329 e. The van der Waals surface area contributed by atoms with Crippen molar-refractivity contribution < 1.29 is 9.69 Å². The monoisotopic (exact) mass is 434 g/mol. The number of carbonyl (C=O) groups excluding carboxylic acids is 1. The molecule has 0 aromatic heterocycles. The van der Waals surface area contributed by atoms with Gasteiger partial charge in [0.25, 0.3) is 0 Å². The molecule has 0 radical (unpaired) electrons. The van der Waals surface area contributed by atoms with Gasteiger partial charge in [-0.2, -0.15) is 0 Å². The number of hydrogen-bond acceptors (Lipinski definition) is 1. The lowest BCUT2D eigenvalue weighted by Crippen LogP contribution is -3.14. The van der Waals surface area contributed by atoms with Gasteiger partial charge in [0, 0.05) is 4.47 Å². The number of amides is 2. The minimum absolute atomic E-state index is 0.0897.